The van der Waals surface area contributed by atoms with E-state index < -0.39 is 0 Å². The number of rotatable bonds is 6. The highest BCUT2D eigenvalue weighted by Crippen LogP contribution is 2.32. The summed E-state index contributed by atoms with van der Waals surface area (Å²) in [6.45, 7) is 6.43. The van der Waals surface area contributed by atoms with E-state index in [-0.39, 0.29) is 0 Å². The van der Waals surface area contributed by atoms with Gasteiger partial charge in [-0.15, -0.1) is 6.58 Å². The van der Waals surface area contributed by atoms with Gasteiger partial charge in [-0.2, -0.15) is 0 Å². The molecule has 0 atom stereocenters. The maximum atomic E-state index is 5.69. The van der Waals surface area contributed by atoms with E-state index in [9.17, 15) is 0 Å². The molecule has 2 nitrogen and oxygen atoms in total. The second kappa shape index (κ2) is 6.22. The second-order valence-corrected chi connectivity index (χ2v) is 5.17. The molecular formula is C14H18BrNO. The summed E-state index contributed by atoms with van der Waals surface area (Å²) < 4.78 is 6.83. The van der Waals surface area contributed by atoms with Crippen molar-refractivity contribution >= 4 is 15.9 Å². The van der Waals surface area contributed by atoms with Gasteiger partial charge >= 0.3 is 0 Å². The van der Waals surface area contributed by atoms with Crippen LogP contribution in [0.25, 0.3) is 0 Å². The van der Waals surface area contributed by atoms with Crippen molar-refractivity contribution in [2.75, 3.05) is 13.2 Å². The minimum Gasteiger partial charge on any atom is -0.493 e. The molecule has 0 spiro atoms. The molecule has 1 aromatic rings. The zero-order valence-electron chi connectivity index (χ0n) is 9.97. The van der Waals surface area contributed by atoms with Gasteiger partial charge in [-0.25, -0.2) is 0 Å². The van der Waals surface area contributed by atoms with Crippen molar-refractivity contribution in [3.63, 3.8) is 0 Å². The molecule has 1 heterocycles. The van der Waals surface area contributed by atoms with Gasteiger partial charge in [0.15, 0.2) is 0 Å². The van der Waals surface area contributed by atoms with Gasteiger partial charge in [0, 0.05) is 23.0 Å². The zero-order valence-corrected chi connectivity index (χ0v) is 11.6. The lowest BCUT2D eigenvalue weighted by Gasteiger charge is -2.10. The van der Waals surface area contributed by atoms with Gasteiger partial charge in [-0.05, 0) is 37.1 Å². The van der Waals surface area contributed by atoms with Crippen LogP contribution in [-0.4, -0.2) is 13.2 Å². The van der Waals surface area contributed by atoms with E-state index in [2.05, 4.69) is 40.0 Å². The Morgan fingerprint density at radius 2 is 2.35 bits per heavy atom. The third kappa shape index (κ3) is 3.33. The average molecular weight is 296 g/mol. The van der Waals surface area contributed by atoms with E-state index in [1.54, 1.807) is 0 Å². The number of nitrogens with one attached hydrogen (secondary N) is 1. The normalized spacial score (nSPS) is 13.2. The molecule has 0 unspecified atom stereocenters. The predicted molar refractivity (Wildman–Crippen MR) is 74.5 cm³/mol. The number of halogens is 1. The standard InChI is InChI=1S/C14H18BrNO/c1-2-3-4-6-16-10-12-9-13(15)8-11-5-7-17-14(11)12/h2,8-9,16H,1,3-7,10H2. The minimum atomic E-state index is 0.815. The van der Waals surface area contributed by atoms with Crippen LogP contribution < -0.4 is 10.1 Å². The largest absolute Gasteiger partial charge is 0.493 e. The molecule has 1 aromatic carbocycles. The van der Waals surface area contributed by atoms with Crippen molar-refractivity contribution in [1.82, 2.24) is 5.32 Å². The molecule has 0 aromatic heterocycles. The Balaban J connectivity index is 1.94. The van der Waals surface area contributed by atoms with Gasteiger partial charge < -0.3 is 10.1 Å². The van der Waals surface area contributed by atoms with Crippen molar-refractivity contribution in [3.05, 3.63) is 40.4 Å². The second-order valence-electron chi connectivity index (χ2n) is 4.26. The smallest absolute Gasteiger partial charge is 0.127 e. The minimum absolute atomic E-state index is 0.815. The molecule has 92 valence electrons. The molecule has 0 bridgehead atoms. The molecule has 0 saturated heterocycles. The topological polar surface area (TPSA) is 21.3 Å². The summed E-state index contributed by atoms with van der Waals surface area (Å²) in [5.74, 6) is 1.09. The Morgan fingerprint density at radius 1 is 1.47 bits per heavy atom. The van der Waals surface area contributed by atoms with Crippen molar-refractivity contribution in [2.45, 2.75) is 25.8 Å². The first-order chi connectivity index (χ1) is 8.31. The number of ether oxygens (including phenoxy) is 1. The van der Waals surface area contributed by atoms with Gasteiger partial charge in [0.05, 0.1) is 6.61 Å². The number of fused-ring (bicyclic) bond motifs is 1. The first-order valence-electron chi connectivity index (χ1n) is 6.07. The lowest BCUT2D eigenvalue weighted by atomic mass is 10.1. The van der Waals surface area contributed by atoms with Crippen LogP contribution in [0.5, 0.6) is 5.75 Å². The highest BCUT2D eigenvalue weighted by molar-refractivity contribution is 9.10. The first kappa shape index (κ1) is 12.7. The fraction of sp³-hybridized carbons (Fsp3) is 0.429. The van der Waals surface area contributed by atoms with E-state index >= 15 is 0 Å². The van der Waals surface area contributed by atoms with Gasteiger partial charge in [0.25, 0.3) is 0 Å². The van der Waals surface area contributed by atoms with Crippen LogP contribution >= 0.6 is 15.9 Å². The van der Waals surface area contributed by atoms with Crippen LogP contribution in [0.3, 0.4) is 0 Å². The van der Waals surface area contributed by atoms with E-state index in [0.717, 1.165) is 49.2 Å². The number of hydrogen-bond acceptors (Lipinski definition) is 2. The highest BCUT2D eigenvalue weighted by atomic mass is 79.9. The summed E-state index contributed by atoms with van der Waals surface area (Å²) >= 11 is 3.55. The van der Waals surface area contributed by atoms with Crippen LogP contribution in [0.15, 0.2) is 29.3 Å². The van der Waals surface area contributed by atoms with Crippen molar-refractivity contribution < 1.29 is 4.74 Å². The lowest BCUT2D eigenvalue weighted by Crippen LogP contribution is -2.15. The predicted octanol–water partition coefficient (Wildman–Crippen LogP) is 3.44. The zero-order chi connectivity index (χ0) is 12.1. The molecule has 1 N–H and O–H groups in total. The molecule has 17 heavy (non-hydrogen) atoms. The molecule has 2 rings (SSSR count). The molecule has 1 aliphatic heterocycles. The van der Waals surface area contributed by atoms with Crippen LogP contribution in [0.1, 0.15) is 24.0 Å². The summed E-state index contributed by atoms with van der Waals surface area (Å²) in [6.07, 6.45) is 5.19. The Morgan fingerprint density at radius 3 is 3.18 bits per heavy atom. The summed E-state index contributed by atoms with van der Waals surface area (Å²) in [5.41, 5.74) is 2.58. The Kier molecular flexibility index (Phi) is 4.63. The lowest BCUT2D eigenvalue weighted by molar-refractivity contribution is 0.352. The number of benzene rings is 1. The van der Waals surface area contributed by atoms with Gasteiger partial charge in [0.1, 0.15) is 5.75 Å². The van der Waals surface area contributed by atoms with Crippen LogP contribution in [-0.2, 0) is 13.0 Å². The van der Waals surface area contributed by atoms with Crippen molar-refractivity contribution in [2.24, 2.45) is 0 Å². The molecule has 0 radical (unpaired) electrons. The maximum absolute atomic E-state index is 5.69. The highest BCUT2D eigenvalue weighted by Gasteiger charge is 2.16. The SMILES string of the molecule is C=CCCCNCc1cc(Br)cc2c1OCC2. The van der Waals surface area contributed by atoms with Gasteiger partial charge in [0.2, 0.25) is 0 Å². The molecule has 0 saturated carbocycles. The van der Waals surface area contributed by atoms with E-state index in [4.69, 9.17) is 4.74 Å². The molecule has 1 aliphatic rings. The first-order valence-corrected chi connectivity index (χ1v) is 6.86. The Hall–Kier alpha value is -0.800. The summed E-state index contributed by atoms with van der Waals surface area (Å²) in [7, 11) is 0. The summed E-state index contributed by atoms with van der Waals surface area (Å²) in [6, 6.07) is 4.30. The fourth-order valence-electron chi connectivity index (χ4n) is 2.07. The Labute approximate surface area is 111 Å². The summed E-state index contributed by atoms with van der Waals surface area (Å²) in [5, 5.41) is 3.44. The van der Waals surface area contributed by atoms with E-state index in [1.165, 1.54) is 11.1 Å². The van der Waals surface area contributed by atoms with Crippen LogP contribution in [0.4, 0.5) is 0 Å². The van der Waals surface area contributed by atoms with E-state index in [1.807, 2.05) is 6.08 Å². The van der Waals surface area contributed by atoms with Crippen LogP contribution in [0.2, 0.25) is 0 Å². The molecular weight excluding hydrogens is 278 g/mol. The van der Waals surface area contributed by atoms with Gasteiger partial charge in [-0.3, -0.25) is 0 Å². The van der Waals surface area contributed by atoms with Gasteiger partial charge in [-0.1, -0.05) is 22.0 Å². The molecule has 0 aliphatic carbocycles. The molecule has 0 fully saturated rings. The number of allylic oxidation sites excluding steroid dienone is 1. The Bertz CT molecular complexity index is 403. The van der Waals surface area contributed by atoms with Crippen LogP contribution in [0, 0.1) is 0 Å². The monoisotopic (exact) mass is 295 g/mol. The fourth-order valence-corrected chi connectivity index (χ4v) is 2.62. The van der Waals surface area contributed by atoms with E-state index in [0.29, 0.717) is 0 Å². The average Bonchev–Trinajstić information content (AvgIpc) is 2.76. The maximum Gasteiger partial charge on any atom is 0.127 e. The third-order valence-electron chi connectivity index (χ3n) is 2.90. The third-order valence-corrected chi connectivity index (χ3v) is 3.36. The number of hydrogen-bond donors (Lipinski definition) is 1. The van der Waals surface area contributed by atoms with Crippen molar-refractivity contribution in [3.8, 4) is 5.75 Å². The summed E-state index contributed by atoms with van der Waals surface area (Å²) in [4.78, 5) is 0. The quantitative estimate of drug-likeness (QED) is 0.641. The molecule has 3 heteroatoms. The molecule has 0 amide bonds. The number of unbranched alkanes of at least 4 members (excludes halogenated alkanes) is 1. The van der Waals surface area contributed by atoms with Crippen molar-refractivity contribution in [1.29, 1.82) is 0 Å².